The molecule has 2 aromatic carbocycles. The van der Waals surface area contributed by atoms with Crippen molar-refractivity contribution in [1.29, 1.82) is 0 Å². The first-order valence-corrected chi connectivity index (χ1v) is 6.04. The van der Waals surface area contributed by atoms with Crippen molar-refractivity contribution in [2.45, 2.75) is 6.92 Å². The van der Waals surface area contributed by atoms with Crippen LogP contribution in [0.2, 0.25) is 0 Å². The largest absolute Gasteiger partial charge is 0.494 e. The Bertz CT molecular complexity index is 659. The third kappa shape index (κ3) is 1.84. The Morgan fingerprint density at radius 2 is 1.94 bits per heavy atom. The molecule has 0 fully saturated rings. The van der Waals surface area contributed by atoms with Crippen molar-refractivity contribution in [2.24, 2.45) is 0 Å². The van der Waals surface area contributed by atoms with Crippen LogP contribution in [0.1, 0.15) is 6.92 Å². The average molecular weight is 238 g/mol. The molecule has 18 heavy (non-hydrogen) atoms. The standard InChI is InChI=1S/C15H14N2O/c1-2-18-13-8-9-15-14(10-13)16-11-17(15)12-6-4-3-5-7-12/h3-11H,2H2,1H3. The van der Waals surface area contributed by atoms with Gasteiger partial charge in [0.1, 0.15) is 12.1 Å². The molecular formula is C15H14N2O. The Hall–Kier alpha value is -2.29. The number of para-hydroxylation sites is 1. The third-order valence-corrected chi connectivity index (χ3v) is 2.86. The van der Waals surface area contributed by atoms with Gasteiger partial charge in [-0.2, -0.15) is 0 Å². The molecule has 0 N–H and O–H groups in total. The van der Waals surface area contributed by atoms with E-state index in [4.69, 9.17) is 4.74 Å². The summed E-state index contributed by atoms with van der Waals surface area (Å²) in [7, 11) is 0. The van der Waals surface area contributed by atoms with Gasteiger partial charge in [0.15, 0.2) is 0 Å². The number of ether oxygens (including phenoxy) is 1. The van der Waals surface area contributed by atoms with E-state index in [-0.39, 0.29) is 0 Å². The lowest BCUT2D eigenvalue weighted by atomic mass is 10.2. The van der Waals surface area contributed by atoms with Gasteiger partial charge >= 0.3 is 0 Å². The van der Waals surface area contributed by atoms with Crippen molar-refractivity contribution in [1.82, 2.24) is 9.55 Å². The molecule has 0 aliphatic carbocycles. The molecule has 0 atom stereocenters. The maximum absolute atomic E-state index is 5.48. The second-order valence-corrected chi connectivity index (χ2v) is 4.03. The number of aromatic nitrogens is 2. The summed E-state index contributed by atoms with van der Waals surface area (Å²) < 4.78 is 7.55. The minimum absolute atomic E-state index is 0.672. The van der Waals surface area contributed by atoms with Crippen LogP contribution >= 0.6 is 0 Å². The van der Waals surface area contributed by atoms with Gasteiger partial charge in [0.2, 0.25) is 0 Å². The molecule has 3 rings (SSSR count). The first-order chi connectivity index (χ1) is 8.88. The highest BCUT2D eigenvalue weighted by molar-refractivity contribution is 5.78. The van der Waals surface area contributed by atoms with E-state index in [1.165, 1.54) is 0 Å². The Kier molecular flexibility index (Phi) is 2.73. The van der Waals surface area contributed by atoms with Crippen LogP contribution in [0.15, 0.2) is 54.9 Å². The van der Waals surface area contributed by atoms with E-state index in [1.54, 1.807) is 0 Å². The summed E-state index contributed by atoms with van der Waals surface area (Å²) in [5, 5.41) is 0. The molecule has 0 saturated heterocycles. The quantitative estimate of drug-likeness (QED) is 0.699. The summed E-state index contributed by atoms with van der Waals surface area (Å²) in [4.78, 5) is 4.42. The van der Waals surface area contributed by atoms with Crippen LogP contribution in [0, 0.1) is 0 Å². The molecular weight excluding hydrogens is 224 g/mol. The lowest BCUT2D eigenvalue weighted by molar-refractivity contribution is 0.340. The van der Waals surface area contributed by atoms with Gasteiger partial charge in [0.25, 0.3) is 0 Å². The minimum Gasteiger partial charge on any atom is -0.494 e. The van der Waals surface area contributed by atoms with E-state index in [0.717, 1.165) is 22.5 Å². The molecule has 3 heteroatoms. The fraction of sp³-hybridized carbons (Fsp3) is 0.133. The highest BCUT2D eigenvalue weighted by atomic mass is 16.5. The lowest BCUT2D eigenvalue weighted by Gasteiger charge is -2.05. The smallest absolute Gasteiger partial charge is 0.121 e. The predicted molar refractivity (Wildman–Crippen MR) is 72.2 cm³/mol. The zero-order valence-electron chi connectivity index (χ0n) is 10.2. The number of rotatable bonds is 3. The first kappa shape index (κ1) is 10.8. The van der Waals surface area contributed by atoms with E-state index < -0.39 is 0 Å². The van der Waals surface area contributed by atoms with Crippen LogP contribution in [0.5, 0.6) is 5.75 Å². The molecule has 0 aliphatic rings. The second-order valence-electron chi connectivity index (χ2n) is 4.03. The van der Waals surface area contributed by atoms with Crippen LogP contribution in [-0.4, -0.2) is 16.2 Å². The van der Waals surface area contributed by atoms with Gasteiger partial charge in [-0.1, -0.05) is 18.2 Å². The topological polar surface area (TPSA) is 27.1 Å². The van der Waals surface area contributed by atoms with Gasteiger partial charge in [0, 0.05) is 11.8 Å². The summed E-state index contributed by atoms with van der Waals surface area (Å²) >= 11 is 0. The molecule has 1 aromatic heterocycles. The minimum atomic E-state index is 0.672. The maximum Gasteiger partial charge on any atom is 0.121 e. The van der Waals surface area contributed by atoms with Crippen molar-refractivity contribution >= 4 is 11.0 Å². The van der Waals surface area contributed by atoms with Crippen LogP contribution in [0.25, 0.3) is 16.7 Å². The molecule has 0 unspecified atom stereocenters. The van der Waals surface area contributed by atoms with Crippen molar-refractivity contribution < 1.29 is 4.74 Å². The zero-order valence-corrected chi connectivity index (χ0v) is 10.2. The lowest BCUT2D eigenvalue weighted by Crippen LogP contribution is -1.92. The molecule has 1 heterocycles. The van der Waals surface area contributed by atoms with Crippen molar-refractivity contribution in [2.75, 3.05) is 6.61 Å². The van der Waals surface area contributed by atoms with Crippen molar-refractivity contribution in [3.63, 3.8) is 0 Å². The number of hydrogen-bond acceptors (Lipinski definition) is 2. The molecule has 0 bridgehead atoms. The van der Waals surface area contributed by atoms with Crippen LogP contribution in [0.4, 0.5) is 0 Å². The Morgan fingerprint density at radius 3 is 2.72 bits per heavy atom. The summed E-state index contributed by atoms with van der Waals surface area (Å²) in [5.41, 5.74) is 3.15. The highest BCUT2D eigenvalue weighted by Gasteiger charge is 2.05. The normalized spacial score (nSPS) is 10.7. The van der Waals surface area contributed by atoms with E-state index in [0.29, 0.717) is 6.61 Å². The number of imidazole rings is 1. The third-order valence-electron chi connectivity index (χ3n) is 2.86. The van der Waals surface area contributed by atoms with E-state index in [2.05, 4.69) is 21.7 Å². The highest BCUT2D eigenvalue weighted by Crippen LogP contribution is 2.22. The van der Waals surface area contributed by atoms with E-state index in [9.17, 15) is 0 Å². The molecule has 0 radical (unpaired) electrons. The van der Waals surface area contributed by atoms with Gasteiger partial charge < -0.3 is 4.74 Å². The Morgan fingerprint density at radius 1 is 1.11 bits per heavy atom. The molecule has 0 aliphatic heterocycles. The summed E-state index contributed by atoms with van der Waals surface area (Å²) in [5.74, 6) is 0.864. The van der Waals surface area contributed by atoms with Gasteiger partial charge in [-0.3, -0.25) is 4.57 Å². The number of nitrogens with zero attached hydrogens (tertiary/aromatic N) is 2. The summed E-state index contributed by atoms with van der Waals surface area (Å²) in [6.45, 7) is 2.65. The van der Waals surface area contributed by atoms with Gasteiger partial charge in [-0.15, -0.1) is 0 Å². The fourth-order valence-corrected chi connectivity index (χ4v) is 2.04. The molecule has 3 aromatic rings. The Balaban J connectivity index is 2.10. The zero-order chi connectivity index (χ0) is 12.4. The van der Waals surface area contributed by atoms with Gasteiger partial charge in [-0.05, 0) is 31.2 Å². The maximum atomic E-state index is 5.48. The Labute approximate surface area is 106 Å². The SMILES string of the molecule is CCOc1ccc2c(c1)ncn2-c1ccccc1. The average Bonchev–Trinajstić information content (AvgIpc) is 2.83. The van der Waals surface area contributed by atoms with Gasteiger partial charge in [0.05, 0.1) is 17.6 Å². The number of benzene rings is 2. The fourth-order valence-electron chi connectivity index (χ4n) is 2.04. The molecule has 3 nitrogen and oxygen atoms in total. The number of fused-ring (bicyclic) bond motifs is 1. The molecule has 90 valence electrons. The summed E-state index contributed by atoms with van der Waals surface area (Å²) in [6, 6.07) is 16.2. The van der Waals surface area contributed by atoms with Gasteiger partial charge in [-0.25, -0.2) is 4.98 Å². The van der Waals surface area contributed by atoms with E-state index >= 15 is 0 Å². The van der Waals surface area contributed by atoms with Crippen molar-refractivity contribution in [3.8, 4) is 11.4 Å². The molecule has 0 spiro atoms. The van der Waals surface area contributed by atoms with Crippen molar-refractivity contribution in [3.05, 3.63) is 54.9 Å². The van der Waals surface area contributed by atoms with Crippen LogP contribution in [0.3, 0.4) is 0 Å². The summed E-state index contributed by atoms with van der Waals surface area (Å²) in [6.07, 6.45) is 1.84. The first-order valence-electron chi connectivity index (χ1n) is 6.04. The van der Waals surface area contributed by atoms with Crippen LogP contribution < -0.4 is 4.74 Å². The molecule has 0 amide bonds. The monoisotopic (exact) mass is 238 g/mol. The second kappa shape index (κ2) is 4.53. The molecule has 0 saturated carbocycles. The van der Waals surface area contributed by atoms with E-state index in [1.807, 2.05) is 49.6 Å². The van der Waals surface area contributed by atoms with Crippen LogP contribution in [-0.2, 0) is 0 Å². The number of hydrogen-bond donors (Lipinski definition) is 0. The predicted octanol–water partition coefficient (Wildman–Crippen LogP) is 3.42.